The van der Waals surface area contributed by atoms with E-state index in [1.54, 1.807) is 0 Å². The Labute approximate surface area is 201 Å². The molecule has 4 nitrogen and oxygen atoms in total. The molecule has 0 bridgehead atoms. The van der Waals surface area contributed by atoms with E-state index < -0.39 is 11.3 Å². The highest BCUT2D eigenvalue weighted by Crippen LogP contribution is 2.53. The van der Waals surface area contributed by atoms with E-state index in [9.17, 15) is 9.59 Å². The summed E-state index contributed by atoms with van der Waals surface area (Å²) in [6.07, 6.45) is 0.300. The molecule has 4 heteroatoms. The number of hydrogen-bond acceptors (Lipinski definition) is 4. The number of esters is 1. The zero-order chi connectivity index (χ0) is 24.2. The van der Waals surface area contributed by atoms with Crippen molar-refractivity contribution < 1.29 is 14.3 Å². The van der Waals surface area contributed by atoms with Crippen molar-refractivity contribution in [2.75, 3.05) is 12.4 Å². The van der Waals surface area contributed by atoms with E-state index >= 15 is 0 Å². The van der Waals surface area contributed by atoms with Gasteiger partial charge in [-0.1, -0.05) is 82.3 Å². The average molecular weight is 454 g/mol. The van der Waals surface area contributed by atoms with Gasteiger partial charge in [0.25, 0.3) is 0 Å². The minimum absolute atomic E-state index is 0.0872. The van der Waals surface area contributed by atoms with Crippen LogP contribution in [0.25, 0.3) is 10.8 Å². The van der Waals surface area contributed by atoms with Crippen molar-refractivity contribution >= 4 is 28.2 Å². The highest BCUT2D eigenvalue weighted by molar-refractivity contribution is 6.06. The fourth-order valence-electron chi connectivity index (χ4n) is 5.73. The molecule has 0 saturated heterocycles. The van der Waals surface area contributed by atoms with E-state index in [4.69, 9.17) is 4.74 Å². The van der Waals surface area contributed by atoms with Gasteiger partial charge in [-0.25, -0.2) is 0 Å². The maximum atomic E-state index is 13.8. The maximum Gasteiger partial charge on any atom is 0.315 e. The molecule has 1 heterocycles. The van der Waals surface area contributed by atoms with Crippen LogP contribution in [0.5, 0.6) is 0 Å². The molecule has 0 unspecified atom stereocenters. The number of fused-ring (bicyclic) bond motifs is 3. The Morgan fingerprint density at radius 3 is 2.41 bits per heavy atom. The first kappa shape index (κ1) is 22.4. The van der Waals surface area contributed by atoms with Gasteiger partial charge in [0, 0.05) is 29.3 Å². The minimum Gasteiger partial charge on any atom is -0.468 e. The van der Waals surface area contributed by atoms with Crippen molar-refractivity contribution in [3.8, 4) is 0 Å². The van der Waals surface area contributed by atoms with Crippen LogP contribution >= 0.6 is 0 Å². The van der Waals surface area contributed by atoms with Crippen LogP contribution in [-0.2, 0) is 14.3 Å². The second kappa shape index (κ2) is 8.12. The Bertz CT molecular complexity index is 1330. The molecule has 0 radical (unpaired) electrons. The number of ketones is 1. The summed E-state index contributed by atoms with van der Waals surface area (Å²) >= 11 is 0. The van der Waals surface area contributed by atoms with E-state index in [2.05, 4.69) is 67.7 Å². The highest BCUT2D eigenvalue weighted by atomic mass is 16.5. The number of nitrogens with one attached hydrogen (secondary N) is 1. The Balaban J connectivity index is 1.81. The van der Waals surface area contributed by atoms with Gasteiger partial charge in [-0.05, 0) is 44.9 Å². The van der Waals surface area contributed by atoms with Gasteiger partial charge >= 0.3 is 5.97 Å². The molecule has 2 atom stereocenters. The smallest absolute Gasteiger partial charge is 0.315 e. The molecule has 2 aliphatic rings. The molecule has 34 heavy (non-hydrogen) atoms. The predicted molar refractivity (Wildman–Crippen MR) is 136 cm³/mol. The van der Waals surface area contributed by atoms with Gasteiger partial charge in [0.15, 0.2) is 5.78 Å². The van der Waals surface area contributed by atoms with Gasteiger partial charge in [0.1, 0.15) is 5.92 Å². The number of methoxy groups -OCH3 is 1. The van der Waals surface area contributed by atoms with Crippen LogP contribution in [0.15, 0.2) is 71.9 Å². The Morgan fingerprint density at radius 2 is 1.74 bits per heavy atom. The molecule has 3 aromatic carbocycles. The lowest BCUT2D eigenvalue weighted by molar-refractivity contribution is -0.148. The molecule has 0 fully saturated rings. The van der Waals surface area contributed by atoms with E-state index in [1.165, 1.54) is 12.7 Å². The number of benzene rings is 3. The second-order valence-corrected chi connectivity index (χ2v) is 10.5. The zero-order valence-corrected chi connectivity index (χ0v) is 20.4. The molecule has 5 rings (SSSR count). The third kappa shape index (κ3) is 3.44. The topological polar surface area (TPSA) is 55.4 Å². The van der Waals surface area contributed by atoms with Crippen LogP contribution in [0.3, 0.4) is 0 Å². The fraction of sp³-hybridized carbons (Fsp3) is 0.333. The summed E-state index contributed by atoms with van der Waals surface area (Å²) in [6, 6.07) is 21.0. The number of Topliss-reactive ketones (excluding diaryl/α,β-unsaturated/α-hetero) is 1. The largest absolute Gasteiger partial charge is 0.468 e. The minimum atomic E-state index is -0.545. The molecule has 0 spiro atoms. The molecular formula is C30H31NO3. The Morgan fingerprint density at radius 1 is 1.03 bits per heavy atom. The first-order chi connectivity index (χ1) is 16.2. The first-order valence-corrected chi connectivity index (χ1v) is 12.0. The van der Waals surface area contributed by atoms with Gasteiger partial charge in [-0.2, -0.15) is 0 Å². The number of carbonyl (C=O) groups is 2. The number of hydrogen-bond donors (Lipinski definition) is 1. The first-order valence-electron chi connectivity index (χ1n) is 12.0. The number of carbonyl (C=O) groups excluding carboxylic acids is 2. The van der Waals surface area contributed by atoms with E-state index in [-0.39, 0.29) is 17.7 Å². The summed E-state index contributed by atoms with van der Waals surface area (Å²) in [5.41, 5.74) is 5.18. The van der Waals surface area contributed by atoms with Crippen molar-refractivity contribution in [2.45, 2.75) is 46.0 Å². The lowest BCUT2D eigenvalue weighted by Gasteiger charge is -2.44. The predicted octanol–water partition coefficient (Wildman–Crippen LogP) is 6.56. The van der Waals surface area contributed by atoms with Crippen molar-refractivity contribution in [3.63, 3.8) is 0 Å². The van der Waals surface area contributed by atoms with Crippen LogP contribution in [0.2, 0.25) is 0 Å². The molecule has 1 N–H and O–H groups in total. The van der Waals surface area contributed by atoms with Crippen molar-refractivity contribution in [1.82, 2.24) is 0 Å². The molecule has 1 aliphatic carbocycles. The van der Waals surface area contributed by atoms with Gasteiger partial charge in [-0.15, -0.1) is 0 Å². The Kier molecular flexibility index (Phi) is 5.35. The van der Waals surface area contributed by atoms with Crippen LogP contribution in [0.4, 0.5) is 5.69 Å². The monoisotopic (exact) mass is 453 g/mol. The molecule has 0 amide bonds. The summed E-state index contributed by atoms with van der Waals surface area (Å²) in [5.74, 6) is -0.595. The van der Waals surface area contributed by atoms with Crippen LogP contribution < -0.4 is 5.32 Å². The van der Waals surface area contributed by atoms with Crippen molar-refractivity contribution in [3.05, 3.63) is 88.6 Å². The van der Waals surface area contributed by atoms with E-state index in [1.807, 2.05) is 26.0 Å². The maximum absolute atomic E-state index is 13.8. The molecule has 0 saturated carbocycles. The molecule has 3 aromatic rings. The summed E-state index contributed by atoms with van der Waals surface area (Å²) < 4.78 is 5.23. The van der Waals surface area contributed by atoms with Crippen LogP contribution in [0, 0.1) is 11.3 Å². The van der Waals surface area contributed by atoms with E-state index in [0.29, 0.717) is 23.6 Å². The second-order valence-electron chi connectivity index (χ2n) is 10.5. The fourth-order valence-corrected chi connectivity index (χ4v) is 5.73. The van der Waals surface area contributed by atoms with Gasteiger partial charge in [0.2, 0.25) is 0 Å². The molecule has 0 aromatic heterocycles. The number of anilines is 1. The normalized spacial score (nSPS) is 21.2. The summed E-state index contributed by atoms with van der Waals surface area (Å²) in [6.45, 7) is 8.30. The standard InChI is InChI=1S/C30H31NO3/c1-17(2)18-10-12-20(13-11-18)24-25-21-9-7-6-8-19(21)14-15-22(25)31-28-26(24)23(32)16-30(3,4)27(28)29(33)34-5/h6-15,17,24,27,31H,16H2,1-5H3/t24-,27+/m1/s1. The lowest BCUT2D eigenvalue weighted by atomic mass is 9.63. The van der Waals surface area contributed by atoms with Gasteiger partial charge < -0.3 is 10.1 Å². The number of allylic oxidation sites excluding steroid dienone is 1. The van der Waals surface area contributed by atoms with E-state index in [0.717, 1.165) is 27.6 Å². The molecular weight excluding hydrogens is 422 g/mol. The third-order valence-corrected chi connectivity index (χ3v) is 7.47. The molecule has 174 valence electrons. The summed E-state index contributed by atoms with van der Waals surface area (Å²) in [7, 11) is 1.42. The Hall–Kier alpha value is -3.40. The van der Waals surface area contributed by atoms with Crippen molar-refractivity contribution in [1.29, 1.82) is 0 Å². The third-order valence-electron chi connectivity index (χ3n) is 7.47. The van der Waals surface area contributed by atoms with Gasteiger partial charge in [0.05, 0.1) is 7.11 Å². The molecule has 1 aliphatic heterocycles. The van der Waals surface area contributed by atoms with Crippen LogP contribution in [0.1, 0.15) is 62.6 Å². The SMILES string of the molecule is COC(=O)[C@@H]1C2=C(C(=O)CC1(C)C)[C@H](c1ccc(C(C)C)cc1)c1c(ccc3ccccc13)N2. The highest BCUT2D eigenvalue weighted by Gasteiger charge is 2.50. The average Bonchev–Trinajstić information content (AvgIpc) is 2.81. The van der Waals surface area contributed by atoms with Crippen molar-refractivity contribution in [2.24, 2.45) is 11.3 Å². The van der Waals surface area contributed by atoms with Gasteiger partial charge in [-0.3, -0.25) is 9.59 Å². The lowest BCUT2D eigenvalue weighted by Crippen LogP contribution is -2.44. The summed E-state index contributed by atoms with van der Waals surface area (Å²) in [5, 5.41) is 5.77. The zero-order valence-electron chi connectivity index (χ0n) is 20.4. The van der Waals surface area contributed by atoms with Crippen LogP contribution in [-0.4, -0.2) is 18.9 Å². The number of ether oxygens (including phenoxy) is 1. The summed E-state index contributed by atoms with van der Waals surface area (Å²) in [4.78, 5) is 26.8. The number of rotatable bonds is 3. The quantitative estimate of drug-likeness (QED) is 0.456.